The second-order valence-corrected chi connectivity index (χ2v) is 6.91. The molecule has 0 saturated carbocycles. The first kappa shape index (κ1) is 19.3. The number of nitrogen functional groups attached to an aromatic ring is 1. The van der Waals surface area contributed by atoms with E-state index < -0.39 is 0 Å². The van der Waals surface area contributed by atoms with Gasteiger partial charge >= 0.3 is 0 Å². The highest BCUT2D eigenvalue weighted by atomic mass is 35.5. The molecule has 0 aliphatic carbocycles. The molecule has 0 fully saturated rings. The minimum atomic E-state index is 0.717. The van der Waals surface area contributed by atoms with Crippen LogP contribution in [0.5, 0.6) is 0 Å². The Morgan fingerprint density at radius 1 is 1.04 bits per heavy atom. The number of unbranched alkanes of at least 4 members (excludes halogenated alkanes) is 2. The number of pyridine rings is 1. The van der Waals surface area contributed by atoms with Gasteiger partial charge in [0, 0.05) is 5.56 Å². The SMILES string of the molecule is CCCCC.Cc1ccc(-c2c(C)ccc3c(N)c(C)nn23)c(Cl)c1. The quantitative estimate of drug-likeness (QED) is 0.592. The maximum atomic E-state index is 6.41. The van der Waals surface area contributed by atoms with Gasteiger partial charge in [0.1, 0.15) is 0 Å². The first-order chi connectivity index (χ1) is 11.9. The summed E-state index contributed by atoms with van der Waals surface area (Å²) in [5.41, 5.74) is 12.8. The number of nitrogens with zero attached hydrogens (tertiary/aromatic N) is 2. The molecule has 0 radical (unpaired) electrons. The molecule has 0 unspecified atom stereocenters. The highest BCUT2D eigenvalue weighted by Gasteiger charge is 2.15. The number of benzene rings is 1. The van der Waals surface area contributed by atoms with Gasteiger partial charge in [0.15, 0.2) is 0 Å². The average molecular weight is 358 g/mol. The molecule has 3 rings (SSSR count). The lowest BCUT2D eigenvalue weighted by Gasteiger charge is -2.11. The molecule has 0 atom stereocenters. The summed E-state index contributed by atoms with van der Waals surface area (Å²) in [7, 11) is 0. The smallest absolute Gasteiger partial charge is 0.0901 e. The molecule has 0 saturated heterocycles. The van der Waals surface area contributed by atoms with Crippen LogP contribution in [-0.4, -0.2) is 9.61 Å². The highest BCUT2D eigenvalue weighted by molar-refractivity contribution is 6.33. The normalized spacial score (nSPS) is 10.6. The van der Waals surface area contributed by atoms with Gasteiger partial charge in [0.25, 0.3) is 0 Å². The van der Waals surface area contributed by atoms with Crippen molar-refractivity contribution in [3.05, 3.63) is 52.2 Å². The Balaban J connectivity index is 0.000000399. The molecule has 2 heterocycles. The van der Waals surface area contributed by atoms with Crippen LogP contribution in [0.25, 0.3) is 16.8 Å². The number of hydrogen-bond donors (Lipinski definition) is 1. The fraction of sp³-hybridized carbons (Fsp3) is 0.381. The third kappa shape index (κ3) is 4.16. The van der Waals surface area contributed by atoms with E-state index in [0.29, 0.717) is 0 Å². The molecule has 3 aromatic rings. The molecule has 0 bridgehead atoms. The second-order valence-electron chi connectivity index (χ2n) is 6.50. The van der Waals surface area contributed by atoms with Crippen LogP contribution in [0.4, 0.5) is 5.69 Å². The van der Waals surface area contributed by atoms with Crippen molar-refractivity contribution in [2.75, 3.05) is 5.73 Å². The Bertz CT molecular complexity index is 863. The van der Waals surface area contributed by atoms with Gasteiger partial charge < -0.3 is 5.73 Å². The molecule has 0 aliphatic heterocycles. The lowest BCUT2D eigenvalue weighted by Crippen LogP contribution is -1.98. The lowest BCUT2D eigenvalue weighted by atomic mass is 10.0. The largest absolute Gasteiger partial charge is 0.395 e. The van der Waals surface area contributed by atoms with Gasteiger partial charge in [0.05, 0.1) is 27.6 Å². The molecule has 25 heavy (non-hydrogen) atoms. The average Bonchev–Trinajstić information content (AvgIpc) is 2.85. The van der Waals surface area contributed by atoms with Crippen LogP contribution in [0.2, 0.25) is 5.02 Å². The lowest BCUT2D eigenvalue weighted by molar-refractivity contribution is 0.772. The standard InChI is InChI=1S/C16H16ClN3.C5H12/c1-9-4-6-12(13(17)8-9)16-10(2)5-7-14-15(18)11(3)19-20(14)16;1-3-5-4-2/h4-8H,18H2,1-3H3;3-5H2,1-2H3. The Hall–Kier alpha value is -2.00. The van der Waals surface area contributed by atoms with E-state index in [1.807, 2.05) is 36.6 Å². The number of hydrogen-bond acceptors (Lipinski definition) is 2. The zero-order valence-electron chi connectivity index (χ0n) is 15.9. The third-order valence-electron chi connectivity index (χ3n) is 4.31. The van der Waals surface area contributed by atoms with Crippen LogP contribution >= 0.6 is 11.6 Å². The summed E-state index contributed by atoms with van der Waals surface area (Å²) in [6, 6.07) is 10.1. The molecule has 2 N–H and O–H groups in total. The number of aryl methyl sites for hydroxylation is 3. The maximum absolute atomic E-state index is 6.41. The van der Waals surface area contributed by atoms with Crippen LogP contribution in [0.1, 0.15) is 49.9 Å². The highest BCUT2D eigenvalue weighted by Crippen LogP contribution is 2.33. The van der Waals surface area contributed by atoms with Crippen LogP contribution in [0.15, 0.2) is 30.3 Å². The van der Waals surface area contributed by atoms with Gasteiger partial charge in [-0.3, -0.25) is 0 Å². The first-order valence-electron chi connectivity index (χ1n) is 8.91. The molecule has 0 amide bonds. The van der Waals surface area contributed by atoms with Gasteiger partial charge in [-0.05, 0) is 44.0 Å². The molecular weight excluding hydrogens is 330 g/mol. The van der Waals surface area contributed by atoms with Crippen molar-refractivity contribution in [3.8, 4) is 11.3 Å². The first-order valence-corrected chi connectivity index (χ1v) is 9.29. The summed E-state index contributed by atoms with van der Waals surface area (Å²) in [5.74, 6) is 0. The van der Waals surface area contributed by atoms with Crippen molar-refractivity contribution < 1.29 is 0 Å². The van der Waals surface area contributed by atoms with Crippen LogP contribution in [0.3, 0.4) is 0 Å². The Labute approximate surface area is 155 Å². The van der Waals surface area contributed by atoms with Gasteiger partial charge in [-0.1, -0.05) is 62.9 Å². The zero-order valence-corrected chi connectivity index (χ0v) is 16.6. The summed E-state index contributed by atoms with van der Waals surface area (Å²) in [5, 5.41) is 5.28. The molecule has 2 aromatic heterocycles. The number of anilines is 1. The van der Waals surface area contributed by atoms with Gasteiger partial charge in [-0.25, -0.2) is 4.52 Å². The molecular formula is C21H28ClN3. The minimum absolute atomic E-state index is 0.717. The Morgan fingerprint density at radius 3 is 2.28 bits per heavy atom. The van der Waals surface area contributed by atoms with E-state index in [-0.39, 0.29) is 0 Å². The van der Waals surface area contributed by atoms with Gasteiger partial charge in [-0.15, -0.1) is 0 Å². The third-order valence-corrected chi connectivity index (χ3v) is 4.62. The maximum Gasteiger partial charge on any atom is 0.0901 e. The molecule has 4 heteroatoms. The van der Waals surface area contributed by atoms with Crippen molar-refractivity contribution in [1.82, 2.24) is 9.61 Å². The van der Waals surface area contributed by atoms with E-state index in [9.17, 15) is 0 Å². The summed E-state index contributed by atoms with van der Waals surface area (Å²) < 4.78 is 1.89. The van der Waals surface area contributed by atoms with Crippen molar-refractivity contribution in [2.24, 2.45) is 0 Å². The van der Waals surface area contributed by atoms with E-state index in [0.717, 1.165) is 44.3 Å². The van der Waals surface area contributed by atoms with Gasteiger partial charge in [-0.2, -0.15) is 5.10 Å². The van der Waals surface area contributed by atoms with E-state index in [2.05, 4.69) is 38.0 Å². The molecule has 134 valence electrons. The van der Waals surface area contributed by atoms with Crippen LogP contribution in [0, 0.1) is 20.8 Å². The Kier molecular flexibility index (Phi) is 6.49. The fourth-order valence-electron chi connectivity index (χ4n) is 2.83. The second kappa shape index (κ2) is 8.39. The number of nitrogens with two attached hydrogens (primary N) is 1. The summed E-state index contributed by atoms with van der Waals surface area (Å²) in [4.78, 5) is 0. The van der Waals surface area contributed by atoms with E-state index in [1.54, 1.807) is 0 Å². The number of aromatic nitrogens is 2. The molecule has 0 spiro atoms. The zero-order chi connectivity index (χ0) is 18.6. The van der Waals surface area contributed by atoms with Crippen LogP contribution < -0.4 is 5.73 Å². The van der Waals surface area contributed by atoms with Gasteiger partial charge in [0.2, 0.25) is 0 Å². The van der Waals surface area contributed by atoms with Crippen molar-refractivity contribution in [3.63, 3.8) is 0 Å². The van der Waals surface area contributed by atoms with E-state index >= 15 is 0 Å². The summed E-state index contributed by atoms with van der Waals surface area (Å²) in [6.45, 7) is 10.4. The monoisotopic (exact) mass is 357 g/mol. The summed E-state index contributed by atoms with van der Waals surface area (Å²) in [6.07, 6.45) is 4.08. The molecule has 1 aromatic carbocycles. The number of fused-ring (bicyclic) bond motifs is 1. The Morgan fingerprint density at radius 2 is 1.72 bits per heavy atom. The topological polar surface area (TPSA) is 43.3 Å². The predicted molar refractivity (Wildman–Crippen MR) is 109 cm³/mol. The van der Waals surface area contributed by atoms with Crippen molar-refractivity contribution in [1.29, 1.82) is 0 Å². The van der Waals surface area contributed by atoms with Crippen molar-refractivity contribution in [2.45, 2.75) is 53.9 Å². The molecule has 0 aliphatic rings. The molecule has 3 nitrogen and oxygen atoms in total. The summed E-state index contributed by atoms with van der Waals surface area (Å²) >= 11 is 6.41. The van der Waals surface area contributed by atoms with Crippen LogP contribution in [-0.2, 0) is 0 Å². The van der Waals surface area contributed by atoms with E-state index in [1.165, 1.54) is 19.3 Å². The number of halogens is 1. The number of rotatable bonds is 3. The van der Waals surface area contributed by atoms with E-state index in [4.69, 9.17) is 17.3 Å². The minimum Gasteiger partial charge on any atom is -0.395 e. The fourth-order valence-corrected chi connectivity index (χ4v) is 3.15. The predicted octanol–water partition coefficient (Wildman–Crippen LogP) is 6.36. The van der Waals surface area contributed by atoms with Crippen molar-refractivity contribution >= 4 is 22.8 Å².